The molecule has 0 saturated carbocycles. The van der Waals surface area contributed by atoms with Gasteiger partial charge in [0.25, 0.3) is 0 Å². The van der Waals surface area contributed by atoms with E-state index in [4.69, 9.17) is 0 Å². The monoisotopic (exact) mass is 169 g/mol. The molecule has 2 atom stereocenters. The maximum atomic E-state index is 11.8. The van der Waals surface area contributed by atoms with Crippen LogP contribution in [0.25, 0.3) is 0 Å². The predicted molar refractivity (Wildman–Crippen MR) is 49.8 cm³/mol. The van der Waals surface area contributed by atoms with Crippen LogP contribution in [-0.2, 0) is 4.79 Å². The molecule has 1 rings (SSSR count). The normalized spacial score (nSPS) is 34.4. The van der Waals surface area contributed by atoms with Gasteiger partial charge in [0.05, 0.1) is 0 Å². The van der Waals surface area contributed by atoms with Gasteiger partial charge in [-0.2, -0.15) is 0 Å². The maximum absolute atomic E-state index is 11.8. The zero-order chi connectivity index (χ0) is 9.52. The van der Waals surface area contributed by atoms with E-state index < -0.39 is 0 Å². The van der Waals surface area contributed by atoms with E-state index in [-0.39, 0.29) is 5.41 Å². The number of hydrogen-bond acceptors (Lipinski definition) is 1. The Hall–Kier alpha value is -0.530. The number of amides is 1. The van der Waals surface area contributed by atoms with Crippen molar-refractivity contribution >= 4 is 5.91 Å². The molecule has 1 fully saturated rings. The van der Waals surface area contributed by atoms with Crippen LogP contribution < -0.4 is 0 Å². The molecule has 0 aromatic rings. The van der Waals surface area contributed by atoms with Crippen LogP contribution in [0, 0.1) is 11.3 Å². The smallest absolute Gasteiger partial charge is 0.228 e. The Balaban J connectivity index is 2.94. The van der Waals surface area contributed by atoms with Gasteiger partial charge in [-0.1, -0.05) is 20.8 Å². The third-order valence-electron chi connectivity index (χ3n) is 3.51. The summed E-state index contributed by atoms with van der Waals surface area (Å²) in [4.78, 5) is 13.8. The van der Waals surface area contributed by atoms with Crippen LogP contribution >= 0.6 is 0 Å². The highest BCUT2D eigenvalue weighted by Gasteiger charge is 2.48. The quantitative estimate of drug-likeness (QED) is 0.587. The second-order valence-electron chi connectivity index (χ2n) is 4.34. The summed E-state index contributed by atoms with van der Waals surface area (Å²) in [5.41, 5.74) is -0.157. The minimum absolute atomic E-state index is 0.157. The molecule has 1 aliphatic heterocycles. The minimum atomic E-state index is -0.157. The van der Waals surface area contributed by atoms with Crippen molar-refractivity contribution < 1.29 is 4.79 Å². The van der Waals surface area contributed by atoms with E-state index in [1.54, 1.807) is 0 Å². The van der Waals surface area contributed by atoms with E-state index in [1.807, 2.05) is 25.7 Å². The largest absolute Gasteiger partial charge is 0.339 e. The number of nitrogens with zero attached hydrogens (tertiary/aromatic N) is 1. The number of hydrogen-bond donors (Lipinski definition) is 0. The van der Waals surface area contributed by atoms with Crippen LogP contribution in [-0.4, -0.2) is 23.4 Å². The van der Waals surface area contributed by atoms with Crippen LogP contribution in [0.3, 0.4) is 0 Å². The first kappa shape index (κ1) is 9.56. The molecule has 1 amide bonds. The molecule has 0 radical (unpaired) electrons. The van der Waals surface area contributed by atoms with E-state index in [0.29, 0.717) is 17.9 Å². The third-order valence-corrected chi connectivity index (χ3v) is 3.51. The fourth-order valence-corrected chi connectivity index (χ4v) is 2.05. The van der Waals surface area contributed by atoms with E-state index >= 15 is 0 Å². The van der Waals surface area contributed by atoms with Gasteiger partial charge in [-0.05, 0) is 19.8 Å². The van der Waals surface area contributed by atoms with Crippen LogP contribution in [0.5, 0.6) is 0 Å². The Morgan fingerprint density at radius 3 is 2.08 bits per heavy atom. The molecular formula is C10H19NO. The second kappa shape index (κ2) is 2.75. The van der Waals surface area contributed by atoms with Gasteiger partial charge in [0, 0.05) is 18.0 Å². The summed E-state index contributed by atoms with van der Waals surface area (Å²) >= 11 is 0. The zero-order valence-electron chi connectivity index (χ0n) is 8.72. The predicted octanol–water partition coefficient (Wildman–Crippen LogP) is 1.90. The number of likely N-dealkylation sites (tertiary alicyclic amines) is 1. The third kappa shape index (κ3) is 1.05. The Labute approximate surface area is 74.9 Å². The second-order valence-corrected chi connectivity index (χ2v) is 4.34. The summed E-state index contributed by atoms with van der Waals surface area (Å²) in [7, 11) is 0. The topological polar surface area (TPSA) is 20.3 Å². The molecule has 0 unspecified atom stereocenters. The van der Waals surface area contributed by atoms with Crippen LogP contribution in [0.2, 0.25) is 0 Å². The molecule has 0 aromatic heterocycles. The van der Waals surface area contributed by atoms with Gasteiger partial charge in [0.2, 0.25) is 5.91 Å². The first-order valence-corrected chi connectivity index (χ1v) is 4.74. The summed E-state index contributed by atoms with van der Waals surface area (Å²) in [6.07, 6.45) is 0. The van der Waals surface area contributed by atoms with E-state index in [1.165, 1.54) is 0 Å². The molecule has 1 saturated heterocycles. The van der Waals surface area contributed by atoms with E-state index in [0.717, 1.165) is 6.54 Å². The SMILES string of the molecule is CCN1C(=O)C(C)(C)[C@H](C)[C@@H]1C. The lowest BCUT2D eigenvalue weighted by atomic mass is 9.80. The van der Waals surface area contributed by atoms with Gasteiger partial charge in [-0.25, -0.2) is 0 Å². The van der Waals surface area contributed by atoms with Gasteiger partial charge in [-0.15, -0.1) is 0 Å². The Kier molecular flexibility index (Phi) is 2.19. The Bertz CT molecular complexity index is 198. The van der Waals surface area contributed by atoms with Gasteiger partial charge in [0.15, 0.2) is 0 Å². The lowest BCUT2D eigenvalue weighted by Gasteiger charge is -2.21. The Morgan fingerprint density at radius 1 is 1.42 bits per heavy atom. The molecule has 12 heavy (non-hydrogen) atoms. The Morgan fingerprint density at radius 2 is 1.92 bits per heavy atom. The molecule has 2 heteroatoms. The first-order chi connectivity index (χ1) is 5.42. The van der Waals surface area contributed by atoms with Gasteiger partial charge >= 0.3 is 0 Å². The lowest BCUT2D eigenvalue weighted by Crippen LogP contribution is -2.33. The molecular weight excluding hydrogens is 150 g/mol. The molecule has 0 bridgehead atoms. The summed E-state index contributed by atoms with van der Waals surface area (Å²) in [5.74, 6) is 0.773. The number of carbonyl (C=O) groups excluding carboxylic acids is 1. The van der Waals surface area contributed by atoms with Crippen LogP contribution in [0.1, 0.15) is 34.6 Å². The standard InChI is InChI=1S/C10H19NO/c1-6-11-8(3)7(2)10(4,5)9(11)12/h7-8H,6H2,1-5H3/t7-,8+/m1/s1. The molecule has 0 aromatic carbocycles. The summed E-state index contributed by atoms with van der Waals surface area (Å²) in [5, 5.41) is 0. The van der Waals surface area contributed by atoms with E-state index in [9.17, 15) is 4.79 Å². The lowest BCUT2D eigenvalue weighted by molar-refractivity contribution is -0.135. The summed E-state index contributed by atoms with van der Waals surface area (Å²) < 4.78 is 0. The zero-order valence-corrected chi connectivity index (χ0v) is 8.72. The van der Waals surface area contributed by atoms with Crippen LogP contribution in [0.15, 0.2) is 0 Å². The van der Waals surface area contributed by atoms with E-state index in [2.05, 4.69) is 13.8 Å². The molecule has 0 N–H and O–H groups in total. The molecule has 0 aliphatic carbocycles. The highest BCUT2D eigenvalue weighted by Crippen LogP contribution is 2.40. The first-order valence-electron chi connectivity index (χ1n) is 4.74. The maximum Gasteiger partial charge on any atom is 0.228 e. The van der Waals surface area contributed by atoms with Crippen molar-refractivity contribution in [1.82, 2.24) is 4.90 Å². The highest BCUT2D eigenvalue weighted by molar-refractivity contribution is 5.85. The summed E-state index contributed by atoms with van der Waals surface area (Å²) in [6, 6.07) is 0.400. The molecule has 0 spiro atoms. The molecule has 70 valence electrons. The molecule has 2 nitrogen and oxygen atoms in total. The van der Waals surface area contributed by atoms with Crippen molar-refractivity contribution in [2.24, 2.45) is 11.3 Å². The molecule has 1 heterocycles. The van der Waals surface area contributed by atoms with Crippen molar-refractivity contribution in [1.29, 1.82) is 0 Å². The number of rotatable bonds is 1. The van der Waals surface area contributed by atoms with Crippen molar-refractivity contribution in [3.63, 3.8) is 0 Å². The number of carbonyl (C=O) groups is 1. The van der Waals surface area contributed by atoms with Crippen LogP contribution in [0.4, 0.5) is 0 Å². The van der Waals surface area contributed by atoms with Gasteiger partial charge in [0.1, 0.15) is 0 Å². The molecule has 1 aliphatic rings. The summed E-state index contributed by atoms with van der Waals surface area (Å²) in [6.45, 7) is 11.3. The minimum Gasteiger partial charge on any atom is -0.339 e. The highest BCUT2D eigenvalue weighted by atomic mass is 16.2. The van der Waals surface area contributed by atoms with Gasteiger partial charge < -0.3 is 4.90 Å². The fraction of sp³-hybridized carbons (Fsp3) is 0.900. The van der Waals surface area contributed by atoms with Crippen molar-refractivity contribution in [2.45, 2.75) is 40.7 Å². The average Bonchev–Trinajstić information content (AvgIpc) is 2.15. The van der Waals surface area contributed by atoms with Crippen molar-refractivity contribution in [3.8, 4) is 0 Å². The van der Waals surface area contributed by atoms with Crippen molar-refractivity contribution in [3.05, 3.63) is 0 Å². The van der Waals surface area contributed by atoms with Gasteiger partial charge in [-0.3, -0.25) is 4.79 Å². The fourth-order valence-electron chi connectivity index (χ4n) is 2.05. The average molecular weight is 169 g/mol. The van der Waals surface area contributed by atoms with Crippen molar-refractivity contribution in [2.75, 3.05) is 6.54 Å².